The van der Waals surface area contributed by atoms with Crippen LogP contribution >= 0.6 is 0 Å². The lowest BCUT2D eigenvalue weighted by molar-refractivity contribution is -0.136. The normalized spacial score (nSPS) is 17.8. The molecule has 5 nitrogen and oxygen atoms in total. The Hall–Kier alpha value is -2.34. The zero-order valence-corrected chi connectivity index (χ0v) is 14.3. The quantitative estimate of drug-likeness (QED) is 0.872. The molecule has 132 valence electrons. The number of hydrogen-bond acceptors (Lipinski definition) is 4. The number of benzene rings is 1. The van der Waals surface area contributed by atoms with Crippen molar-refractivity contribution in [2.45, 2.75) is 45.2 Å². The van der Waals surface area contributed by atoms with Crippen LogP contribution in [0.4, 0.5) is 4.39 Å². The predicted octanol–water partition coefficient (Wildman–Crippen LogP) is 3.28. The number of aliphatic carboxylic acids is 1. The first-order chi connectivity index (χ1) is 12.0. The minimum absolute atomic E-state index is 0.0631. The van der Waals surface area contributed by atoms with E-state index in [1.807, 2.05) is 19.1 Å². The van der Waals surface area contributed by atoms with E-state index in [9.17, 15) is 9.18 Å². The molecule has 25 heavy (non-hydrogen) atoms. The molecule has 1 aliphatic heterocycles. The summed E-state index contributed by atoms with van der Waals surface area (Å²) in [5.41, 5.74) is 2.55. The Morgan fingerprint density at radius 3 is 2.96 bits per heavy atom. The van der Waals surface area contributed by atoms with E-state index in [4.69, 9.17) is 5.11 Å². The Morgan fingerprint density at radius 1 is 1.36 bits per heavy atom. The van der Waals surface area contributed by atoms with Gasteiger partial charge in [0, 0.05) is 24.4 Å². The highest BCUT2D eigenvalue weighted by Crippen LogP contribution is 2.31. The summed E-state index contributed by atoms with van der Waals surface area (Å²) in [7, 11) is 0. The third-order valence-corrected chi connectivity index (χ3v) is 4.46. The number of hydrogen-bond donors (Lipinski definition) is 1. The maximum atomic E-state index is 13.4. The van der Waals surface area contributed by atoms with E-state index >= 15 is 0 Å². The maximum Gasteiger partial charge on any atom is 0.303 e. The highest BCUT2D eigenvalue weighted by atomic mass is 19.1. The minimum Gasteiger partial charge on any atom is -0.481 e. The Labute approximate surface area is 146 Å². The van der Waals surface area contributed by atoms with Crippen molar-refractivity contribution in [1.29, 1.82) is 0 Å². The van der Waals surface area contributed by atoms with E-state index < -0.39 is 5.97 Å². The van der Waals surface area contributed by atoms with Crippen LogP contribution in [0, 0.1) is 12.7 Å². The van der Waals surface area contributed by atoms with Crippen molar-refractivity contribution in [2.24, 2.45) is 0 Å². The van der Waals surface area contributed by atoms with Gasteiger partial charge in [0.25, 0.3) is 0 Å². The first-order valence-corrected chi connectivity index (χ1v) is 8.56. The van der Waals surface area contributed by atoms with Crippen LogP contribution in [0.15, 0.2) is 30.3 Å². The lowest BCUT2D eigenvalue weighted by Gasteiger charge is -2.24. The number of aromatic nitrogens is 2. The molecule has 0 aliphatic carbocycles. The van der Waals surface area contributed by atoms with Gasteiger partial charge >= 0.3 is 5.97 Å². The average Bonchev–Trinajstić information content (AvgIpc) is 3.00. The molecular weight excluding hydrogens is 321 g/mol. The van der Waals surface area contributed by atoms with Crippen molar-refractivity contribution < 1.29 is 14.3 Å². The van der Waals surface area contributed by atoms with Crippen LogP contribution in [0.3, 0.4) is 0 Å². The molecule has 2 heterocycles. The van der Waals surface area contributed by atoms with Crippen LogP contribution in [0.25, 0.3) is 0 Å². The first kappa shape index (κ1) is 17.5. The second kappa shape index (κ2) is 7.70. The predicted molar refractivity (Wildman–Crippen MR) is 91.5 cm³/mol. The number of carbonyl (C=O) groups is 1. The van der Waals surface area contributed by atoms with Crippen LogP contribution in [0.1, 0.15) is 48.1 Å². The van der Waals surface area contributed by atoms with Gasteiger partial charge in [-0.15, -0.1) is 0 Å². The van der Waals surface area contributed by atoms with E-state index in [1.54, 1.807) is 12.1 Å². The molecule has 0 radical (unpaired) electrons. The first-order valence-electron chi connectivity index (χ1n) is 8.56. The zero-order valence-electron chi connectivity index (χ0n) is 14.3. The summed E-state index contributed by atoms with van der Waals surface area (Å²) in [6.45, 7) is 3.48. The van der Waals surface area contributed by atoms with Gasteiger partial charge in [-0.05, 0) is 50.1 Å². The summed E-state index contributed by atoms with van der Waals surface area (Å²) >= 11 is 0. The van der Waals surface area contributed by atoms with Crippen LogP contribution < -0.4 is 0 Å². The fourth-order valence-electron chi connectivity index (χ4n) is 3.35. The summed E-state index contributed by atoms with van der Waals surface area (Å²) in [4.78, 5) is 22.3. The number of carboxylic acid groups (broad SMARTS) is 1. The van der Waals surface area contributed by atoms with Gasteiger partial charge in [-0.1, -0.05) is 12.1 Å². The smallest absolute Gasteiger partial charge is 0.303 e. The Kier molecular flexibility index (Phi) is 5.38. The summed E-state index contributed by atoms with van der Waals surface area (Å²) in [5, 5.41) is 8.87. The van der Waals surface area contributed by atoms with Crippen molar-refractivity contribution in [2.75, 3.05) is 6.54 Å². The highest BCUT2D eigenvalue weighted by molar-refractivity contribution is 5.66. The standard InChI is InChI=1S/C19H22FN3O2/c1-13-10-16(7-8-18(24)25)22-19(21-13)17-6-3-9-23(17)12-14-4-2-5-15(20)11-14/h2,4-5,10-11,17H,3,6-9,12H2,1H3,(H,24,25)/t17-/m0/s1. The van der Waals surface area contributed by atoms with Crippen molar-refractivity contribution >= 4 is 5.97 Å². The van der Waals surface area contributed by atoms with Gasteiger partial charge in [-0.3, -0.25) is 9.69 Å². The van der Waals surface area contributed by atoms with E-state index in [0.717, 1.165) is 42.2 Å². The SMILES string of the molecule is Cc1cc(CCC(=O)O)nc([C@@H]2CCCN2Cc2cccc(F)c2)n1. The van der Waals surface area contributed by atoms with Crippen molar-refractivity contribution in [3.8, 4) is 0 Å². The van der Waals surface area contributed by atoms with E-state index in [1.165, 1.54) is 6.07 Å². The summed E-state index contributed by atoms with van der Waals surface area (Å²) in [6.07, 6.45) is 2.47. The molecule has 0 bridgehead atoms. The molecule has 0 amide bonds. The number of carboxylic acids is 1. The molecular formula is C19H22FN3O2. The molecule has 0 unspecified atom stereocenters. The van der Waals surface area contributed by atoms with Gasteiger partial charge in [0.2, 0.25) is 0 Å². The summed E-state index contributed by atoms with van der Waals surface area (Å²) < 4.78 is 13.4. The Bertz CT molecular complexity index is 766. The van der Waals surface area contributed by atoms with Gasteiger partial charge in [0.05, 0.1) is 12.5 Å². The molecule has 1 saturated heterocycles. The second-order valence-electron chi connectivity index (χ2n) is 6.51. The third kappa shape index (κ3) is 4.60. The van der Waals surface area contributed by atoms with Crippen LogP contribution in [0.2, 0.25) is 0 Å². The lowest BCUT2D eigenvalue weighted by atomic mass is 10.1. The van der Waals surface area contributed by atoms with E-state index in [2.05, 4.69) is 14.9 Å². The molecule has 1 N–H and O–H groups in total. The molecule has 1 fully saturated rings. The highest BCUT2D eigenvalue weighted by Gasteiger charge is 2.28. The van der Waals surface area contributed by atoms with Crippen LogP contribution in [-0.2, 0) is 17.8 Å². The number of aryl methyl sites for hydroxylation is 2. The molecule has 1 aromatic heterocycles. The van der Waals surface area contributed by atoms with Gasteiger partial charge in [-0.2, -0.15) is 0 Å². The number of likely N-dealkylation sites (tertiary alicyclic amines) is 1. The zero-order chi connectivity index (χ0) is 17.8. The number of halogens is 1. The molecule has 0 saturated carbocycles. The summed E-state index contributed by atoms with van der Waals surface area (Å²) in [5.74, 6) is -0.309. The largest absolute Gasteiger partial charge is 0.481 e. The molecule has 1 aliphatic rings. The second-order valence-corrected chi connectivity index (χ2v) is 6.51. The minimum atomic E-state index is -0.827. The van der Waals surface area contributed by atoms with Gasteiger partial charge in [0.1, 0.15) is 11.6 Å². The topological polar surface area (TPSA) is 66.3 Å². The average molecular weight is 343 g/mol. The Balaban J connectivity index is 1.78. The molecule has 1 atom stereocenters. The number of rotatable bonds is 6. The van der Waals surface area contributed by atoms with E-state index in [-0.39, 0.29) is 18.3 Å². The molecule has 3 rings (SSSR count). The molecule has 0 spiro atoms. The van der Waals surface area contributed by atoms with Gasteiger partial charge in [0.15, 0.2) is 0 Å². The van der Waals surface area contributed by atoms with Crippen molar-refractivity contribution in [3.63, 3.8) is 0 Å². The van der Waals surface area contributed by atoms with Crippen molar-refractivity contribution in [3.05, 3.63) is 58.9 Å². The fourth-order valence-corrected chi connectivity index (χ4v) is 3.35. The summed E-state index contributed by atoms with van der Waals surface area (Å²) in [6, 6.07) is 8.59. The van der Waals surface area contributed by atoms with Gasteiger partial charge in [-0.25, -0.2) is 14.4 Å². The Morgan fingerprint density at radius 2 is 2.20 bits per heavy atom. The van der Waals surface area contributed by atoms with Crippen molar-refractivity contribution in [1.82, 2.24) is 14.9 Å². The van der Waals surface area contributed by atoms with Crippen LogP contribution in [0.5, 0.6) is 0 Å². The third-order valence-electron chi connectivity index (χ3n) is 4.46. The molecule has 6 heteroatoms. The van der Waals surface area contributed by atoms with Gasteiger partial charge < -0.3 is 5.11 Å². The monoisotopic (exact) mass is 343 g/mol. The lowest BCUT2D eigenvalue weighted by Crippen LogP contribution is -2.25. The van der Waals surface area contributed by atoms with E-state index in [0.29, 0.717) is 13.0 Å². The van der Waals surface area contributed by atoms with Crippen LogP contribution in [-0.4, -0.2) is 32.5 Å². The maximum absolute atomic E-state index is 13.4. The molecule has 1 aromatic carbocycles. The molecule has 2 aromatic rings. The number of nitrogens with zero attached hydrogens (tertiary/aromatic N) is 3. The fraction of sp³-hybridized carbons (Fsp3) is 0.421.